The second-order valence-corrected chi connectivity index (χ2v) is 2.70. The van der Waals surface area contributed by atoms with Crippen molar-refractivity contribution in [3.8, 4) is 0 Å². The summed E-state index contributed by atoms with van der Waals surface area (Å²) in [5, 5.41) is 8.47. The monoisotopic (exact) mass is 162 g/mol. The van der Waals surface area contributed by atoms with Gasteiger partial charge in [-0.3, -0.25) is 4.79 Å². The molecule has 4 heteroatoms. The van der Waals surface area contributed by atoms with Gasteiger partial charge in [0.05, 0.1) is 19.1 Å². The maximum Gasteiger partial charge on any atom is 0.312 e. The number of carbonyl (C=O) groups is 1. The van der Waals surface area contributed by atoms with Crippen molar-refractivity contribution in [3.63, 3.8) is 0 Å². The van der Waals surface area contributed by atoms with Gasteiger partial charge in [-0.05, 0) is 6.92 Å². The van der Waals surface area contributed by atoms with E-state index in [1.54, 1.807) is 6.92 Å². The molecular formula is C7H11FO3. The van der Waals surface area contributed by atoms with Crippen molar-refractivity contribution in [2.75, 3.05) is 13.2 Å². The lowest BCUT2D eigenvalue weighted by Crippen LogP contribution is -2.17. The van der Waals surface area contributed by atoms with Crippen LogP contribution in [0.1, 0.15) is 13.3 Å². The fourth-order valence-electron chi connectivity index (χ4n) is 0.993. The molecule has 1 saturated carbocycles. The number of halogens is 1. The average molecular weight is 162 g/mol. The van der Waals surface area contributed by atoms with Crippen molar-refractivity contribution < 1.29 is 19.0 Å². The van der Waals surface area contributed by atoms with Crippen molar-refractivity contribution in [1.82, 2.24) is 0 Å². The van der Waals surface area contributed by atoms with Gasteiger partial charge in [-0.15, -0.1) is 0 Å². The Labute approximate surface area is 64.2 Å². The number of alkyl halides is 1. The quantitative estimate of drug-likeness (QED) is 0.606. The predicted octanol–water partition coefficient (Wildman–Crippen LogP) is 0.270. The van der Waals surface area contributed by atoms with Crippen LogP contribution in [0.3, 0.4) is 0 Å². The van der Waals surface area contributed by atoms with Gasteiger partial charge >= 0.3 is 5.97 Å². The van der Waals surface area contributed by atoms with Gasteiger partial charge in [-0.25, -0.2) is 4.39 Å². The molecule has 0 amide bonds. The highest BCUT2D eigenvalue weighted by molar-refractivity contribution is 5.77. The van der Waals surface area contributed by atoms with Gasteiger partial charge in [-0.1, -0.05) is 0 Å². The highest BCUT2D eigenvalue weighted by atomic mass is 19.1. The van der Waals surface area contributed by atoms with E-state index in [1.165, 1.54) is 0 Å². The zero-order valence-electron chi connectivity index (χ0n) is 6.34. The molecule has 11 heavy (non-hydrogen) atoms. The van der Waals surface area contributed by atoms with Gasteiger partial charge in [0.15, 0.2) is 0 Å². The van der Waals surface area contributed by atoms with Crippen LogP contribution < -0.4 is 0 Å². The van der Waals surface area contributed by atoms with Crippen molar-refractivity contribution in [2.45, 2.75) is 19.0 Å². The molecule has 0 spiro atoms. The van der Waals surface area contributed by atoms with E-state index in [-0.39, 0.29) is 13.0 Å². The van der Waals surface area contributed by atoms with Gasteiger partial charge < -0.3 is 9.84 Å². The summed E-state index contributed by atoms with van der Waals surface area (Å²) in [4.78, 5) is 10.8. The number of esters is 1. The highest BCUT2D eigenvalue weighted by Crippen LogP contribution is 2.47. The summed E-state index contributed by atoms with van der Waals surface area (Å²) in [5.74, 6) is -1.27. The van der Waals surface area contributed by atoms with Crippen LogP contribution in [0, 0.1) is 5.92 Å². The Morgan fingerprint density at radius 3 is 2.91 bits per heavy atom. The van der Waals surface area contributed by atoms with Gasteiger partial charge in [0.2, 0.25) is 0 Å². The zero-order chi connectivity index (χ0) is 8.48. The molecule has 1 aliphatic carbocycles. The first-order valence-electron chi connectivity index (χ1n) is 3.60. The first kappa shape index (κ1) is 8.46. The van der Waals surface area contributed by atoms with E-state index in [0.29, 0.717) is 0 Å². The number of ether oxygens (including phenoxy) is 1. The molecule has 2 atom stereocenters. The summed E-state index contributed by atoms with van der Waals surface area (Å²) in [6, 6.07) is 0. The average Bonchev–Trinajstić information content (AvgIpc) is 2.65. The van der Waals surface area contributed by atoms with Crippen LogP contribution in [0.2, 0.25) is 0 Å². The standard InChI is InChI=1S/C7H11FO3/c1-2-11-6(10)5-3-7(5,8)4-9/h5,9H,2-4H2,1H3/t5-,7+/m0/s1. The molecule has 0 aromatic heterocycles. The molecule has 1 N–H and O–H groups in total. The van der Waals surface area contributed by atoms with E-state index in [4.69, 9.17) is 5.11 Å². The summed E-state index contributed by atoms with van der Waals surface area (Å²) in [6.07, 6.45) is 0.0995. The van der Waals surface area contributed by atoms with E-state index >= 15 is 0 Å². The molecule has 1 aliphatic rings. The number of hydrogen-bond acceptors (Lipinski definition) is 3. The molecule has 1 rings (SSSR count). The molecule has 0 bridgehead atoms. The lowest BCUT2D eigenvalue weighted by Gasteiger charge is -2.02. The normalized spacial score (nSPS) is 35.0. The first-order valence-corrected chi connectivity index (χ1v) is 3.60. The molecule has 0 heterocycles. The molecule has 0 saturated heterocycles. The summed E-state index contributed by atoms with van der Waals surface area (Å²) >= 11 is 0. The minimum atomic E-state index is -1.69. The lowest BCUT2D eigenvalue weighted by atomic mass is 10.3. The third kappa shape index (κ3) is 1.50. The molecule has 0 unspecified atom stereocenters. The van der Waals surface area contributed by atoms with Crippen LogP contribution in [0.15, 0.2) is 0 Å². The number of carbonyl (C=O) groups excluding carboxylic acids is 1. The van der Waals surface area contributed by atoms with Gasteiger partial charge in [0, 0.05) is 6.42 Å². The number of aliphatic hydroxyl groups is 1. The summed E-state index contributed by atoms with van der Waals surface area (Å²) in [6.45, 7) is 1.34. The first-order chi connectivity index (χ1) is 5.14. The number of hydrogen-bond donors (Lipinski definition) is 1. The molecule has 0 aromatic carbocycles. The second-order valence-electron chi connectivity index (χ2n) is 2.70. The van der Waals surface area contributed by atoms with E-state index in [1.807, 2.05) is 0 Å². The number of aliphatic hydroxyl groups excluding tert-OH is 1. The molecule has 0 aromatic rings. The molecule has 64 valence electrons. The van der Waals surface area contributed by atoms with Crippen molar-refractivity contribution in [1.29, 1.82) is 0 Å². The molecule has 1 fully saturated rings. The van der Waals surface area contributed by atoms with Crippen LogP contribution >= 0.6 is 0 Å². The molecular weight excluding hydrogens is 151 g/mol. The largest absolute Gasteiger partial charge is 0.466 e. The smallest absolute Gasteiger partial charge is 0.312 e. The fourth-order valence-corrected chi connectivity index (χ4v) is 0.993. The minimum absolute atomic E-state index is 0.0995. The maximum atomic E-state index is 12.9. The van der Waals surface area contributed by atoms with Crippen LogP contribution in [-0.2, 0) is 9.53 Å². The Morgan fingerprint density at radius 1 is 1.91 bits per heavy atom. The van der Waals surface area contributed by atoms with Crippen molar-refractivity contribution in [3.05, 3.63) is 0 Å². The van der Waals surface area contributed by atoms with Crippen LogP contribution in [0.5, 0.6) is 0 Å². The van der Waals surface area contributed by atoms with Crippen molar-refractivity contribution >= 4 is 5.97 Å². The second kappa shape index (κ2) is 2.77. The third-order valence-corrected chi connectivity index (χ3v) is 1.84. The van der Waals surface area contributed by atoms with Gasteiger partial charge in [0.25, 0.3) is 0 Å². The Balaban J connectivity index is 2.36. The van der Waals surface area contributed by atoms with E-state index in [9.17, 15) is 9.18 Å². The van der Waals surface area contributed by atoms with Gasteiger partial charge in [-0.2, -0.15) is 0 Å². The molecule has 0 radical (unpaired) electrons. The van der Waals surface area contributed by atoms with Crippen LogP contribution in [0.4, 0.5) is 4.39 Å². The Kier molecular flexibility index (Phi) is 2.13. The Morgan fingerprint density at radius 2 is 2.55 bits per heavy atom. The summed E-state index contributed by atoms with van der Waals surface area (Å²) in [5.41, 5.74) is -1.69. The Hall–Kier alpha value is -0.640. The van der Waals surface area contributed by atoms with Crippen molar-refractivity contribution in [2.24, 2.45) is 5.92 Å². The summed E-state index contributed by atoms with van der Waals surface area (Å²) in [7, 11) is 0. The van der Waals surface area contributed by atoms with E-state index < -0.39 is 24.2 Å². The molecule has 3 nitrogen and oxygen atoms in total. The Bertz CT molecular complexity index is 171. The summed E-state index contributed by atoms with van der Waals surface area (Å²) < 4.78 is 17.5. The van der Waals surface area contributed by atoms with Crippen LogP contribution in [-0.4, -0.2) is 30.0 Å². The lowest BCUT2D eigenvalue weighted by molar-refractivity contribution is -0.146. The zero-order valence-corrected chi connectivity index (χ0v) is 6.34. The predicted molar refractivity (Wildman–Crippen MR) is 35.7 cm³/mol. The fraction of sp³-hybridized carbons (Fsp3) is 0.857. The third-order valence-electron chi connectivity index (χ3n) is 1.84. The van der Waals surface area contributed by atoms with Crippen LogP contribution in [0.25, 0.3) is 0 Å². The van der Waals surface area contributed by atoms with E-state index in [0.717, 1.165) is 0 Å². The highest BCUT2D eigenvalue weighted by Gasteiger charge is 2.60. The topological polar surface area (TPSA) is 46.5 Å². The van der Waals surface area contributed by atoms with Gasteiger partial charge in [0.1, 0.15) is 5.67 Å². The van der Waals surface area contributed by atoms with E-state index in [2.05, 4.69) is 4.74 Å². The minimum Gasteiger partial charge on any atom is -0.466 e. The molecule has 0 aliphatic heterocycles. The SMILES string of the molecule is CCOC(=O)[C@@H]1C[C@@]1(F)CO. The number of rotatable bonds is 3. The maximum absolute atomic E-state index is 12.9.